The molecule has 0 heteroatoms. The van der Waals surface area contributed by atoms with Gasteiger partial charge >= 0.3 is 0 Å². The summed E-state index contributed by atoms with van der Waals surface area (Å²) in [7, 11) is 0. The van der Waals surface area contributed by atoms with Crippen LogP contribution in [0.25, 0.3) is 0 Å². The molecule has 0 aromatic carbocycles. The first kappa shape index (κ1) is 7.39. The third kappa shape index (κ3) is 0.881. The monoisotopic (exact) mass is 150 g/mol. The number of fused-ring (bicyclic) bond motifs is 1. The molecule has 11 heavy (non-hydrogen) atoms. The minimum absolute atomic E-state index is 0.944. The average molecular weight is 150 g/mol. The van der Waals surface area contributed by atoms with E-state index in [9.17, 15) is 0 Å². The van der Waals surface area contributed by atoms with Crippen molar-refractivity contribution < 1.29 is 0 Å². The fourth-order valence-electron chi connectivity index (χ4n) is 2.87. The first-order valence-corrected chi connectivity index (χ1v) is 4.93. The van der Waals surface area contributed by atoms with Gasteiger partial charge in [0.1, 0.15) is 0 Å². The highest BCUT2D eigenvalue weighted by Gasteiger charge is 2.40. The minimum Gasteiger partial charge on any atom is -0.0707 e. The summed E-state index contributed by atoms with van der Waals surface area (Å²) in [5, 5.41) is 0. The van der Waals surface area contributed by atoms with Crippen LogP contribution in [-0.4, -0.2) is 0 Å². The third-order valence-electron chi connectivity index (χ3n) is 3.83. The van der Waals surface area contributed by atoms with E-state index in [0.29, 0.717) is 0 Å². The second-order valence-electron chi connectivity index (χ2n) is 4.34. The summed E-state index contributed by atoms with van der Waals surface area (Å²) >= 11 is 0. The molecule has 62 valence electrons. The lowest BCUT2D eigenvalue weighted by Crippen LogP contribution is -2.23. The molecule has 0 heterocycles. The summed E-state index contributed by atoms with van der Waals surface area (Å²) in [5.74, 6) is 2.94. The molecule has 1 saturated carbocycles. The maximum Gasteiger partial charge on any atom is -0.0166 e. The van der Waals surface area contributed by atoms with Crippen molar-refractivity contribution in [1.29, 1.82) is 0 Å². The number of rotatable bonds is 1. The van der Waals surface area contributed by atoms with E-state index in [4.69, 9.17) is 0 Å². The second kappa shape index (κ2) is 2.36. The summed E-state index contributed by atoms with van der Waals surface area (Å²) < 4.78 is 0. The molecule has 0 aromatic heterocycles. The molecule has 0 saturated heterocycles. The van der Waals surface area contributed by atoms with E-state index in [1.807, 2.05) is 5.57 Å². The molecule has 3 unspecified atom stereocenters. The van der Waals surface area contributed by atoms with Crippen LogP contribution >= 0.6 is 0 Å². The van der Waals surface area contributed by atoms with E-state index in [1.165, 1.54) is 19.3 Å². The summed E-state index contributed by atoms with van der Waals surface area (Å²) in [6.45, 7) is 7.08. The maximum atomic E-state index is 2.40. The molecular formula is C11H18. The highest BCUT2D eigenvalue weighted by molar-refractivity contribution is 5.31. The molecule has 2 aliphatic carbocycles. The smallest absolute Gasteiger partial charge is 0.0166 e. The van der Waals surface area contributed by atoms with Gasteiger partial charge in [-0.25, -0.2) is 0 Å². The van der Waals surface area contributed by atoms with Crippen molar-refractivity contribution in [3.8, 4) is 0 Å². The summed E-state index contributed by atoms with van der Waals surface area (Å²) in [6, 6.07) is 0. The largest absolute Gasteiger partial charge is 0.0707 e. The Morgan fingerprint density at radius 3 is 2.64 bits per heavy atom. The molecular weight excluding hydrogens is 132 g/mol. The van der Waals surface area contributed by atoms with Gasteiger partial charge in [-0.15, -0.1) is 0 Å². The minimum atomic E-state index is 0.944. The van der Waals surface area contributed by atoms with Crippen molar-refractivity contribution >= 4 is 0 Å². The van der Waals surface area contributed by atoms with Crippen LogP contribution in [0.2, 0.25) is 0 Å². The SMILES string of the molecule is CCC1CC2C(=C1C)CC2C. The van der Waals surface area contributed by atoms with E-state index in [2.05, 4.69) is 20.8 Å². The lowest BCUT2D eigenvalue weighted by Gasteiger charge is -2.34. The van der Waals surface area contributed by atoms with Crippen LogP contribution in [0.5, 0.6) is 0 Å². The average Bonchev–Trinajstić information content (AvgIpc) is 2.24. The van der Waals surface area contributed by atoms with Gasteiger partial charge in [0.15, 0.2) is 0 Å². The van der Waals surface area contributed by atoms with Crippen LogP contribution in [0.15, 0.2) is 11.1 Å². The highest BCUT2D eigenvalue weighted by Crippen LogP contribution is 2.52. The van der Waals surface area contributed by atoms with E-state index in [1.54, 1.807) is 5.57 Å². The number of hydrogen-bond donors (Lipinski definition) is 0. The molecule has 0 bridgehead atoms. The third-order valence-corrected chi connectivity index (χ3v) is 3.83. The molecule has 0 amide bonds. The van der Waals surface area contributed by atoms with Gasteiger partial charge in [0.25, 0.3) is 0 Å². The Kier molecular flexibility index (Phi) is 1.59. The van der Waals surface area contributed by atoms with Gasteiger partial charge in [-0.2, -0.15) is 0 Å². The fourth-order valence-corrected chi connectivity index (χ4v) is 2.87. The van der Waals surface area contributed by atoms with Gasteiger partial charge < -0.3 is 0 Å². The van der Waals surface area contributed by atoms with Crippen LogP contribution in [0, 0.1) is 17.8 Å². The molecule has 0 N–H and O–H groups in total. The Hall–Kier alpha value is -0.260. The van der Waals surface area contributed by atoms with Crippen LogP contribution in [-0.2, 0) is 0 Å². The van der Waals surface area contributed by atoms with Crippen molar-refractivity contribution in [2.24, 2.45) is 17.8 Å². The highest BCUT2D eigenvalue weighted by atomic mass is 14.5. The van der Waals surface area contributed by atoms with Crippen LogP contribution in [0.1, 0.15) is 40.0 Å². The van der Waals surface area contributed by atoms with E-state index in [-0.39, 0.29) is 0 Å². The van der Waals surface area contributed by atoms with Crippen LogP contribution < -0.4 is 0 Å². The molecule has 3 atom stereocenters. The molecule has 0 aromatic rings. The zero-order chi connectivity index (χ0) is 8.01. The van der Waals surface area contributed by atoms with Crippen LogP contribution in [0.3, 0.4) is 0 Å². The summed E-state index contributed by atoms with van der Waals surface area (Å²) in [5.41, 5.74) is 3.57. The van der Waals surface area contributed by atoms with Gasteiger partial charge in [-0.1, -0.05) is 25.0 Å². The van der Waals surface area contributed by atoms with Gasteiger partial charge in [0, 0.05) is 0 Å². The van der Waals surface area contributed by atoms with E-state index in [0.717, 1.165) is 17.8 Å². The summed E-state index contributed by atoms with van der Waals surface area (Å²) in [6.07, 6.45) is 4.24. The zero-order valence-electron chi connectivity index (χ0n) is 7.85. The molecule has 0 nitrogen and oxygen atoms in total. The first-order valence-electron chi connectivity index (χ1n) is 4.93. The molecule has 0 spiro atoms. The molecule has 2 aliphatic rings. The lowest BCUT2D eigenvalue weighted by molar-refractivity contribution is 0.288. The predicted octanol–water partition coefficient (Wildman–Crippen LogP) is 3.39. The maximum absolute atomic E-state index is 2.40. The molecule has 1 fully saturated rings. The first-order chi connectivity index (χ1) is 5.24. The van der Waals surface area contributed by atoms with Crippen molar-refractivity contribution in [2.75, 3.05) is 0 Å². The van der Waals surface area contributed by atoms with E-state index < -0.39 is 0 Å². The van der Waals surface area contributed by atoms with Gasteiger partial charge in [0.2, 0.25) is 0 Å². The van der Waals surface area contributed by atoms with Crippen molar-refractivity contribution in [1.82, 2.24) is 0 Å². The molecule has 2 rings (SSSR count). The summed E-state index contributed by atoms with van der Waals surface area (Å²) in [4.78, 5) is 0. The van der Waals surface area contributed by atoms with Gasteiger partial charge in [-0.05, 0) is 43.9 Å². The number of hydrogen-bond acceptors (Lipinski definition) is 0. The zero-order valence-corrected chi connectivity index (χ0v) is 7.85. The van der Waals surface area contributed by atoms with Crippen molar-refractivity contribution in [2.45, 2.75) is 40.0 Å². The Labute approximate surface area is 69.7 Å². The normalized spacial score (nSPS) is 42.3. The Morgan fingerprint density at radius 1 is 1.45 bits per heavy atom. The fraction of sp³-hybridized carbons (Fsp3) is 0.818. The standard InChI is InChI=1S/C11H18/c1-4-9-6-10-7(2)5-11(10)8(9)3/h7,9-10H,4-6H2,1-3H3. The Balaban J connectivity index is 2.16. The van der Waals surface area contributed by atoms with Gasteiger partial charge in [0.05, 0.1) is 0 Å². The van der Waals surface area contributed by atoms with Crippen molar-refractivity contribution in [3.63, 3.8) is 0 Å². The second-order valence-corrected chi connectivity index (χ2v) is 4.34. The topological polar surface area (TPSA) is 0 Å². The predicted molar refractivity (Wildman–Crippen MR) is 48.4 cm³/mol. The number of allylic oxidation sites excluding steroid dienone is 2. The molecule has 0 aliphatic heterocycles. The lowest BCUT2D eigenvalue weighted by atomic mass is 9.71. The Bertz CT molecular complexity index is 194. The van der Waals surface area contributed by atoms with Crippen molar-refractivity contribution in [3.05, 3.63) is 11.1 Å². The molecule has 0 radical (unpaired) electrons. The van der Waals surface area contributed by atoms with E-state index >= 15 is 0 Å². The Morgan fingerprint density at radius 2 is 2.18 bits per heavy atom. The van der Waals surface area contributed by atoms with Gasteiger partial charge in [-0.3, -0.25) is 0 Å². The quantitative estimate of drug-likeness (QED) is 0.503. The van der Waals surface area contributed by atoms with Crippen LogP contribution in [0.4, 0.5) is 0 Å².